The molecule has 0 aliphatic heterocycles. The molecule has 0 bridgehead atoms. The third-order valence-electron chi connectivity index (χ3n) is 5.49. The van der Waals surface area contributed by atoms with E-state index in [0.29, 0.717) is 35.8 Å². The third kappa shape index (κ3) is 9.51. The molecule has 196 valence electrons. The number of carbonyl (C=O) groups is 2. The Morgan fingerprint density at radius 2 is 1.24 bits per heavy atom. The lowest BCUT2D eigenvalue weighted by molar-refractivity contribution is -0.139. The molecule has 0 aliphatic carbocycles. The van der Waals surface area contributed by atoms with Gasteiger partial charge in [0.1, 0.15) is 17.2 Å². The Balaban J connectivity index is 1.37. The highest BCUT2D eigenvalue weighted by molar-refractivity contribution is 5.91. The van der Waals surface area contributed by atoms with Crippen LogP contribution in [0.5, 0.6) is 17.2 Å². The Morgan fingerprint density at radius 1 is 0.711 bits per heavy atom. The highest BCUT2D eigenvalue weighted by Gasteiger charge is 2.09. The molecular formula is C32H32O6. The molecule has 3 aromatic carbocycles. The monoisotopic (exact) mass is 512 g/mol. The van der Waals surface area contributed by atoms with E-state index in [4.69, 9.17) is 18.9 Å². The SMILES string of the molecule is C=C(C)C(=O)OCCCCCCOc1ccc(C(=O)Oc2ccc(C#Cc3ccc(OC)cc3)cc2)cc1. The van der Waals surface area contributed by atoms with E-state index >= 15 is 0 Å². The van der Waals surface area contributed by atoms with E-state index in [1.54, 1.807) is 50.4 Å². The van der Waals surface area contributed by atoms with Gasteiger partial charge in [-0.2, -0.15) is 0 Å². The number of rotatable bonds is 12. The fourth-order valence-electron chi connectivity index (χ4n) is 3.31. The second-order valence-corrected chi connectivity index (χ2v) is 8.60. The van der Waals surface area contributed by atoms with Crippen LogP contribution in [0.2, 0.25) is 0 Å². The fraction of sp³-hybridized carbons (Fsp3) is 0.250. The molecule has 0 amide bonds. The van der Waals surface area contributed by atoms with Crippen LogP contribution in [0.4, 0.5) is 0 Å². The van der Waals surface area contributed by atoms with E-state index in [0.717, 1.165) is 42.6 Å². The maximum absolute atomic E-state index is 12.5. The summed E-state index contributed by atoms with van der Waals surface area (Å²) in [7, 11) is 1.63. The van der Waals surface area contributed by atoms with Crippen molar-refractivity contribution in [2.45, 2.75) is 32.6 Å². The van der Waals surface area contributed by atoms with Crippen LogP contribution in [0.1, 0.15) is 54.1 Å². The van der Waals surface area contributed by atoms with E-state index < -0.39 is 5.97 Å². The summed E-state index contributed by atoms with van der Waals surface area (Å²) < 4.78 is 21.4. The molecule has 0 radical (unpaired) electrons. The summed E-state index contributed by atoms with van der Waals surface area (Å²) in [6.45, 7) is 6.17. The number of benzene rings is 3. The molecule has 0 aliphatic rings. The second kappa shape index (κ2) is 14.9. The second-order valence-electron chi connectivity index (χ2n) is 8.60. The van der Waals surface area contributed by atoms with Crippen LogP contribution < -0.4 is 14.2 Å². The number of methoxy groups -OCH3 is 1. The minimum atomic E-state index is -0.444. The predicted octanol–water partition coefficient (Wildman–Crippen LogP) is 6.37. The van der Waals surface area contributed by atoms with Crippen molar-refractivity contribution in [3.05, 3.63) is 102 Å². The van der Waals surface area contributed by atoms with E-state index in [-0.39, 0.29) is 5.97 Å². The Labute approximate surface area is 224 Å². The third-order valence-corrected chi connectivity index (χ3v) is 5.49. The van der Waals surface area contributed by atoms with Gasteiger partial charge in [0, 0.05) is 16.7 Å². The normalized spacial score (nSPS) is 10.1. The zero-order valence-corrected chi connectivity index (χ0v) is 21.8. The molecule has 0 unspecified atom stereocenters. The first kappa shape index (κ1) is 28.1. The molecule has 0 heterocycles. The number of carbonyl (C=O) groups excluding carboxylic acids is 2. The summed E-state index contributed by atoms with van der Waals surface area (Å²) in [5.41, 5.74) is 2.55. The van der Waals surface area contributed by atoms with Gasteiger partial charge in [0.05, 0.1) is 25.9 Å². The van der Waals surface area contributed by atoms with Crippen LogP contribution >= 0.6 is 0 Å². The molecule has 0 N–H and O–H groups in total. The van der Waals surface area contributed by atoms with Gasteiger partial charge >= 0.3 is 11.9 Å². The zero-order chi connectivity index (χ0) is 27.2. The van der Waals surface area contributed by atoms with Crippen molar-refractivity contribution in [3.8, 4) is 29.1 Å². The van der Waals surface area contributed by atoms with Crippen molar-refractivity contribution in [2.24, 2.45) is 0 Å². The number of ether oxygens (including phenoxy) is 4. The van der Waals surface area contributed by atoms with Crippen LogP contribution in [-0.4, -0.2) is 32.3 Å². The maximum Gasteiger partial charge on any atom is 0.343 e. The maximum atomic E-state index is 12.5. The Bertz CT molecular complexity index is 1260. The summed E-state index contributed by atoms with van der Waals surface area (Å²) in [6, 6.07) is 21.5. The first-order valence-corrected chi connectivity index (χ1v) is 12.5. The Hall–Kier alpha value is -4.50. The van der Waals surface area contributed by atoms with Gasteiger partial charge in [-0.05, 0) is 105 Å². The molecule has 38 heavy (non-hydrogen) atoms. The first-order chi connectivity index (χ1) is 18.4. The van der Waals surface area contributed by atoms with Crippen molar-refractivity contribution in [2.75, 3.05) is 20.3 Å². The van der Waals surface area contributed by atoms with E-state index in [2.05, 4.69) is 18.4 Å². The van der Waals surface area contributed by atoms with Gasteiger partial charge < -0.3 is 18.9 Å². The Morgan fingerprint density at radius 3 is 1.79 bits per heavy atom. The molecule has 0 atom stereocenters. The van der Waals surface area contributed by atoms with Crippen LogP contribution in [0.25, 0.3) is 0 Å². The number of esters is 2. The molecule has 0 saturated carbocycles. The number of hydrogen-bond donors (Lipinski definition) is 0. The lowest BCUT2D eigenvalue weighted by Crippen LogP contribution is -2.08. The van der Waals surface area contributed by atoms with Gasteiger partial charge in [0.2, 0.25) is 0 Å². The molecular weight excluding hydrogens is 480 g/mol. The molecule has 0 aromatic heterocycles. The van der Waals surface area contributed by atoms with Crippen molar-refractivity contribution >= 4 is 11.9 Å². The van der Waals surface area contributed by atoms with Crippen LogP contribution in [-0.2, 0) is 9.53 Å². The average Bonchev–Trinajstić information content (AvgIpc) is 2.94. The van der Waals surface area contributed by atoms with Gasteiger partial charge in [-0.1, -0.05) is 18.4 Å². The average molecular weight is 513 g/mol. The molecule has 6 heteroatoms. The lowest BCUT2D eigenvalue weighted by atomic mass is 10.1. The molecule has 0 spiro atoms. The van der Waals surface area contributed by atoms with Crippen molar-refractivity contribution in [3.63, 3.8) is 0 Å². The van der Waals surface area contributed by atoms with E-state index in [9.17, 15) is 9.59 Å². The van der Waals surface area contributed by atoms with Crippen LogP contribution in [0.15, 0.2) is 84.9 Å². The summed E-state index contributed by atoms with van der Waals surface area (Å²) in [4.78, 5) is 23.8. The van der Waals surface area contributed by atoms with E-state index in [1.807, 2.05) is 36.4 Å². The minimum Gasteiger partial charge on any atom is -0.497 e. The van der Waals surface area contributed by atoms with Gasteiger partial charge in [0.15, 0.2) is 0 Å². The van der Waals surface area contributed by atoms with Crippen LogP contribution in [0, 0.1) is 11.8 Å². The van der Waals surface area contributed by atoms with E-state index in [1.165, 1.54) is 0 Å². The zero-order valence-electron chi connectivity index (χ0n) is 21.8. The van der Waals surface area contributed by atoms with Gasteiger partial charge in [-0.3, -0.25) is 0 Å². The topological polar surface area (TPSA) is 71.1 Å². The van der Waals surface area contributed by atoms with Crippen LogP contribution in [0.3, 0.4) is 0 Å². The first-order valence-electron chi connectivity index (χ1n) is 12.5. The fourth-order valence-corrected chi connectivity index (χ4v) is 3.31. The summed E-state index contributed by atoms with van der Waals surface area (Å²) in [6.07, 6.45) is 3.63. The van der Waals surface area contributed by atoms with Crippen molar-refractivity contribution in [1.29, 1.82) is 0 Å². The highest BCUT2D eigenvalue weighted by atomic mass is 16.5. The summed E-state index contributed by atoms with van der Waals surface area (Å²) in [5, 5.41) is 0. The minimum absolute atomic E-state index is 0.342. The molecule has 0 saturated heterocycles. The highest BCUT2D eigenvalue weighted by Crippen LogP contribution is 2.17. The standard InChI is InChI=1S/C32H32O6/c1-24(2)31(33)37-23-7-5-4-6-22-36-29-20-14-27(15-21-29)32(34)38-30-18-12-26(13-19-30)9-8-25-10-16-28(35-3)17-11-25/h10-21H,1,4-7,22-23H2,2-3H3. The molecule has 3 aromatic rings. The van der Waals surface area contributed by atoms with Gasteiger partial charge in [0.25, 0.3) is 0 Å². The molecule has 6 nitrogen and oxygen atoms in total. The number of hydrogen-bond acceptors (Lipinski definition) is 6. The molecule has 0 fully saturated rings. The van der Waals surface area contributed by atoms with Crippen molar-refractivity contribution < 1.29 is 28.5 Å². The Kier molecular flexibility index (Phi) is 11.0. The summed E-state index contributed by atoms with van der Waals surface area (Å²) >= 11 is 0. The quantitative estimate of drug-likeness (QED) is 0.0923. The molecule has 3 rings (SSSR count). The largest absolute Gasteiger partial charge is 0.497 e. The predicted molar refractivity (Wildman–Crippen MR) is 147 cm³/mol. The summed E-state index contributed by atoms with van der Waals surface area (Å²) in [5.74, 6) is 7.32. The van der Waals surface area contributed by atoms with Gasteiger partial charge in [-0.15, -0.1) is 0 Å². The smallest absolute Gasteiger partial charge is 0.343 e. The van der Waals surface area contributed by atoms with Crippen molar-refractivity contribution in [1.82, 2.24) is 0 Å². The number of unbranched alkanes of at least 4 members (excludes halogenated alkanes) is 3. The van der Waals surface area contributed by atoms with Gasteiger partial charge in [-0.25, -0.2) is 9.59 Å². The lowest BCUT2D eigenvalue weighted by Gasteiger charge is -2.08.